The Hall–Kier alpha value is -2.90. The van der Waals surface area contributed by atoms with Gasteiger partial charge in [0.1, 0.15) is 18.1 Å². The number of hydrogen-bond acceptors (Lipinski definition) is 4. The Kier molecular flexibility index (Phi) is 3.71. The number of aryl methyl sites for hydroxylation is 1. The molecule has 2 aliphatic heterocycles. The van der Waals surface area contributed by atoms with Gasteiger partial charge in [-0.1, -0.05) is 24.3 Å². The first-order valence-electron chi connectivity index (χ1n) is 8.69. The Morgan fingerprint density at radius 2 is 2.04 bits per heavy atom. The number of rotatable bonds is 3. The maximum Gasteiger partial charge on any atom is 0.326 e. The number of urea groups is 1. The molecule has 26 heavy (non-hydrogen) atoms. The number of nitrogens with zero attached hydrogens (tertiary/aromatic N) is 2. The van der Waals surface area contributed by atoms with Gasteiger partial charge in [-0.25, -0.2) is 9.59 Å². The van der Waals surface area contributed by atoms with Gasteiger partial charge in [-0.2, -0.15) is 0 Å². The third-order valence-corrected chi connectivity index (χ3v) is 5.57. The normalized spacial score (nSPS) is 27.2. The topological polar surface area (TPSA) is 107 Å². The third kappa shape index (κ3) is 2.28. The number of benzene rings is 1. The standard InChI is InChI=1S/C18H19N3O5/c22-14(20-9-3-6-13(20)15(23)24)10-21-16(25)18(19-17(21)26)8-7-11-4-1-2-5-12(11)18/h1-2,4-5,13H,3,6-10H2,(H,19,26)(H,23,24)/t13-,18?/m1/s1. The molecule has 2 heterocycles. The first kappa shape index (κ1) is 16.6. The Morgan fingerprint density at radius 3 is 2.81 bits per heavy atom. The molecule has 1 unspecified atom stereocenters. The van der Waals surface area contributed by atoms with E-state index in [1.165, 1.54) is 4.90 Å². The summed E-state index contributed by atoms with van der Waals surface area (Å²) in [6.07, 6.45) is 2.12. The van der Waals surface area contributed by atoms with Crippen molar-refractivity contribution in [2.45, 2.75) is 37.3 Å². The van der Waals surface area contributed by atoms with E-state index in [2.05, 4.69) is 5.32 Å². The summed E-state index contributed by atoms with van der Waals surface area (Å²) in [6, 6.07) is 5.97. The van der Waals surface area contributed by atoms with Crippen LogP contribution >= 0.6 is 0 Å². The molecule has 4 rings (SSSR count). The summed E-state index contributed by atoms with van der Waals surface area (Å²) in [6.45, 7) is -0.105. The molecule has 2 atom stereocenters. The first-order valence-corrected chi connectivity index (χ1v) is 8.69. The molecule has 8 heteroatoms. The van der Waals surface area contributed by atoms with Crippen LogP contribution in [-0.2, 0) is 26.3 Å². The molecule has 1 aromatic rings. The molecule has 136 valence electrons. The minimum atomic E-state index is -1.11. The van der Waals surface area contributed by atoms with Gasteiger partial charge in [-0.3, -0.25) is 14.5 Å². The lowest BCUT2D eigenvalue weighted by molar-refractivity contribution is -0.149. The second kappa shape index (κ2) is 5.82. The highest BCUT2D eigenvalue weighted by Crippen LogP contribution is 2.41. The average molecular weight is 357 g/mol. The number of carboxylic acids is 1. The summed E-state index contributed by atoms with van der Waals surface area (Å²) in [5, 5.41) is 12.0. The molecule has 2 saturated heterocycles. The van der Waals surface area contributed by atoms with Crippen molar-refractivity contribution >= 4 is 23.8 Å². The van der Waals surface area contributed by atoms with Crippen molar-refractivity contribution in [3.63, 3.8) is 0 Å². The molecule has 4 amide bonds. The highest BCUT2D eigenvalue weighted by Gasteiger charge is 2.55. The van der Waals surface area contributed by atoms with Crippen LogP contribution in [0.3, 0.4) is 0 Å². The zero-order valence-electron chi connectivity index (χ0n) is 14.1. The zero-order valence-corrected chi connectivity index (χ0v) is 14.1. The van der Waals surface area contributed by atoms with Crippen LogP contribution in [-0.4, -0.2) is 57.9 Å². The zero-order chi connectivity index (χ0) is 18.5. The molecule has 0 bridgehead atoms. The predicted octanol–water partition coefficient (Wildman–Crippen LogP) is 0.456. The summed E-state index contributed by atoms with van der Waals surface area (Å²) < 4.78 is 0. The minimum Gasteiger partial charge on any atom is -0.480 e. The Morgan fingerprint density at radius 1 is 1.27 bits per heavy atom. The molecule has 0 saturated carbocycles. The van der Waals surface area contributed by atoms with Crippen molar-refractivity contribution in [3.05, 3.63) is 35.4 Å². The van der Waals surface area contributed by atoms with Gasteiger partial charge in [0.15, 0.2) is 0 Å². The minimum absolute atomic E-state index is 0.327. The molecule has 8 nitrogen and oxygen atoms in total. The predicted molar refractivity (Wildman–Crippen MR) is 89.1 cm³/mol. The monoisotopic (exact) mass is 357 g/mol. The van der Waals surface area contributed by atoms with Crippen molar-refractivity contribution in [3.8, 4) is 0 Å². The number of fused-ring (bicyclic) bond motifs is 2. The molecule has 0 radical (unpaired) electrons. The van der Waals surface area contributed by atoms with Crippen molar-refractivity contribution in [2.24, 2.45) is 0 Å². The van der Waals surface area contributed by atoms with Crippen LogP contribution in [0.4, 0.5) is 4.79 Å². The van der Waals surface area contributed by atoms with Crippen LogP contribution in [0.1, 0.15) is 30.4 Å². The first-order chi connectivity index (χ1) is 12.4. The number of imide groups is 1. The number of carbonyl (C=O) groups is 4. The number of carboxylic acid groups (broad SMARTS) is 1. The smallest absolute Gasteiger partial charge is 0.326 e. The van der Waals surface area contributed by atoms with Crippen LogP contribution < -0.4 is 5.32 Å². The fourth-order valence-corrected chi connectivity index (χ4v) is 4.28. The number of nitrogens with one attached hydrogen (secondary N) is 1. The number of amides is 4. The van der Waals surface area contributed by atoms with Crippen LogP contribution in [0.15, 0.2) is 24.3 Å². The second-order valence-electron chi connectivity index (χ2n) is 6.97. The molecule has 1 aliphatic carbocycles. The Balaban J connectivity index is 1.56. The van der Waals surface area contributed by atoms with Crippen molar-refractivity contribution in [1.29, 1.82) is 0 Å². The lowest BCUT2D eigenvalue weighted by Crippen LogP contribution is -2.47. The fraction of sp³-hybridized carbons (Fsp3) is 0.444. The van der Waals surface area contributed by atoms with Crippen LogP contribution in [0.5, 0.6) is 0 Å². The van der Waals surface area contributed by atoms with Crippen LogP contribution in [0, 0.1) is 0 Å². The molecular weight excluding hydrogens is 338 g/mol. The fourth-order valence-electron chi connectivity index (χ4n) is 4.28. The van der Waals surface area contributed by atoms with E-state index in [9.17, 15) is 24.3 Å². The highest BCUT2D eigenvalue weighted by atomic mass is 16.4. The van der Waals surface area contributed by atoms with E-state index in [1.807, 2.05) is 24.3 Å². The largest absolute Gasteiger partial charge is 0.480 e. The Labute approximate surface area is 149 Å². The summed E-state index contributed by atoms with van der Waals surface area (Å²) in [5.41, 5.74) is 0.684. The maximum absolute atomic E-state index is 13.0. The molecule has 1 aromatic carbocycles. The van der Waals surface area contributed by atoms with Gasteiger partial charge in [-0.05, 0) is 36.8 Å². The van der Waals surface area contributed by atoms with E-state index in [0.29, 0.717) is 32.2 Å². The number of carbonyl (C=O) groups excluding carboxylic acids is 3. The summed E-state index contributed by atoms with van der Waals surface area (Å²) in [4.78, 5) is 51.4. The molecule has 2 N–H and O–H groups in total. The van der Waals surface area contributed by atoms with E-state index in [-0.39, 0.29) is 0 Å². The molecule has 0 aromatic heterocycles. The van der Waals surface area contributed by atoms with E-state index < -0.39 is 41.9 Å². The molecule has 2 fully saturated rings. The van der Waals surface area contributed by atoms with Crippen molar-refractivity contribution < 1.29 is 24.3 Å². The van der Waals surface area contributed by atoms with E-state index in [0.717, 1.165) is 16.0 Å². The van der Waals surface area contributed by atoms with E-state index in [4.69, 9.17) is 0 Å². The van der Waals surface area contributed by atoms with Crippen LogP contribution in [0.25, 0.3) is 0 Å². The van der Waals surface area contributed by atoms with E-state index in [1.54, 1.807) is 0 Å². The number of aliphatic carboxylic acids is 1. The highest BCUT2D eigenvalue weighted by molar-refractivity contribution is 6.10. The summed E-state index contributed by atoms with van der Waals surface area (Å²) in [5.74, 6) is -2.01. The molecular formula is C18H19N3O5. The average Bonchev–Trinajstić information content (AvgIpc) is 3.30. The maximum atomic E-state index is 13.0. The van der Waals surface area contributed by atoms with Gasteiger partial charge in [0.25, 0.3) is 5.91 Å². The lowest BCUT2D eigenvalue weighted by atomic mass is 9.92. The van der Waals surface area contributed by atoms with Gasteiger partial charge in [0, 0.05) is 6.54 Å². The second-order valence-corrected chi connectivity index (χ2v) is 6.97. The summed E-state index contributed by atoms with van der Waals surface area (Å²) in [7, 11) is 0. The molecule has 1 spiro atoms. The quantitative estimate of drug-likeness (QED) is 0.764. The third-order valence-electron chi connectivity index (χ3n) is 5.57. The SMILES string of the molecule is O=C(O)[C@H]1CCCN1C(=O)CN1C(=O)NC2(CCc3ccccc32)C1=O. The number of likely N-dealkylation sites (tertiary alicyclic amines) is 1. The van der Waals surface area contributed by atoms with Gasteiger partial charge in [0.05, 0.1) is 0 Å². The molecule has 3 aliphatic rings. The van der Waals surface area contributed by atoms with Crippen LogP contribution in [0.2, 0.25) is 0 Å². The van der Waals surface area contributed by atoms with Gasteiger partial charge in [0.2, 0.25) is 5.91 Å². The summed E-state index contributed by atoms with van der Waals surface area (Å²) >= 11 is 0. The van der Waals surface area contributed by atoms with Crippen molar-refractivity contribution in [1.82, 2.24) is 15.1 Å². The van der Waals surface area contributed by atoms with Crippen molar-refractivity contribution in [2.75, 3.05) is 13.1 Å². The van der Waals surface area contributed by atoms with Gasteiger partial charge < -0.3 is 15.3 Å². The number of hydrogen-bond donors (Lipinski definition) is 2. The van der Waals surface area contributed by atoms with E-state index >= 15 is 0 Å². The van der Waals surface area contributed by atoms with Gasteiger partial charge >= 0.3 is 12.0 Å². The lowest BCUT2D eigenvalue weighted by Gasteiger charge is -2.25. The van der Waals surface area contributed by atoms with Gasteiger partial charge in [-0.15, -0.1) is 0 Å². The Bertz CT molecular complexity index is 823.